The first-order chi connectivity index (χ1) is 12.2. The number of nitrogens with two attached hydrogens (primary N) is 1. The molecule has 1 aliphatic rings. The van der Waals surface area contributed by atoms with Crippen molar-refractivity contribution in [3.63, 3.8) is 0 Å². The summed E-state index contributed by atoms with van der Waals surface area (Å²) in [4.78, 5) is 16.1. The highest BCUT2D eigenvalue weighted by Gasteiger charge is 2.26. The minimum absolute atomic E-state index is 0.132. The number of benzene rings is 1. The standard InChI is InChI=1S/C19H25N3O2S/c1-24-13-16(20)19(23)21-11-17(14-5-3-2-4-6-14)22-9-7-18-15(12-22)8-10-25-18/h2-6,8,10,16-17H,7,9,11-13,20H2,1H3,(H,21,23). The molecule has 0 fully saturated rings. The molecule has 5 nitrogen and oxygen atoms in total. The van der Waals surface area contributed by atoms with E-state index in [1.807, 2.05) is 29.5 Å². The fourth-order valence-corrected chi connectivity index (χ4v) is 4.14. The average molecular weight is 359 g/mol. The Kier molecular flexibility index (Phi) is 6.20. The summed E-state index contributed by atoms with van der Waals surface area (Å²) in [7, 11) is 1.55. The zero-order valence-electron chi connectivity index (χ0n) is 14.5. The van der Waals surface area contributed by atoms with Crippen molar-refractivity contribution in [2.75, 3.05) is 26.8 Å². The fraction of sp³-hybridized carbons (Fsp3) is 0.421. The highest BCUT2D eigenvalue weighted by Crippen LogP contribution is 2.30. The summed E-state index contributed by atoms with van der Waals surface area (Å²) in [5.41, 5.74) is 8.44. The number of hydrogen-bond donors (Lipinski definition) is 2. The average Bonchev–Trinajstić information content (AvgIpc) is 3.10. The molecule has 134 valence electrons. The zero-order valence-corrected chi connectivity index (χ0v) is 15.3. The van der Waals surface area contributed by atoms with Gasteiger partial charge in [0, 0.05) is 31.6 Å². The van der Waals surface area contributed by atoms with Crippen molar-refractivity contribution in [3.05, 3.63) is 57.8 Å². The van der Waals surface area contributed by atoms with Gasteiger partial charge in [0.05, 0.1) is 12.6 Å². The van der Waals surface area contributed by atoms with E-state index < -0.39 is 6.04 Å². The number of carbonyl (C=O) groups excluding carboxylic acids is 1. The van der Waals surface area contributed by atoms with Crippen LogP contribution in [0.1, 0.15) is 22.0 Å². The van der Waals surface area contributed by atoms with E-state index in [4.69, 9.17) is 10.5 Å². The summed E-state index contributed by atoms with van der Waals surface area (Å²) in [5.74, 6) is -0.170. The van der Waals surface area contributed by atoms with Crippen molar-refractivity contribution in [2.45, 2.75) is 25.0 Å². The van der Waals surface area contributed by atoms with E-state index in [9.17, 15) is 4.79 Å². The van der Waals surface area contributed by atoms with E-state index in [2.05, 4.69) is 33.8 Å². The van der Waals surface area contributed by atoms with Crippen LogP contribution in [0, 0.1) is 0 Å². The predicted molar refractivity (Wildman–Crippen MR) is 100 cm³/mol. The van der Waals surface area contributed by atoms with Gasteiger partial charge in [-0.2, -0.15) is 0 Å². The lowest BCUT2D eigenvalue weighted by Crippen LogP contribution is -2.47. The molecule has 6 heteroatoms. The monoisotopic (exact) mass is 359 g/mol. The molecule has 2 heterocycles. The first kappa shape index (κ1) is 18.1. The van der Waals surface area contributed by atoms with Gasteiger partial charge in [0.2, 0.25) is 5.91 Å². The largest absolute Gasteiger partial charge is 0.383 e. The molecule has 3 N–H and O–H groups in total. The van der Waals surface area contributed by atoms with Crippen molar-refractivity contribution in [1.29, 1.82) is 0 Å². The van der Waals surface area contributed by atoms with Gasteiger partial charge in [-0.25, -0.2) is 0 Å². The lowest BCUT2D eigenvalue weighted by Gasteiger charge is -2.35. The number of carbonyl (C=O) groups is 1. The molecule has 1 aromatic carbocycles. The SMILES string of the molecule is COCC(N)C(=O)NCC(c1ccccc1)N1CCc2sccc2C1. The number of fused-ring (bicyclic) bond motifs is 1. The Hall–Kier alpha value is -1.73. The van der Waals surface area contributed by atoms with Crippen molar-refractivity contribution < 1.29 is 9.53 Å². The maximum absolute atomic E-state index is 12.2. The third kappa shape index (κ3) is 4.46. The molecule has 0 bridgehead atoms. The van der Waals surface area contributed by atoms with Crippen LogP contribution in [0.5, 0.6) is 0 Å². The Labute approximate surface area is 152 Å². The molecular weight excluding hydrogens is 334 g/mol. The molecule has 2 unspecified atom stereocenters. The van der Waals surface area contributed by atoms with Gasteiger partial charge in [0.1, 0.15) is 6.04 Å². The summed E-state index contributed by atoms with van der Waals surface area (Å²) in [5, 5.41) is 5.16. The van der Waals surface area contributed by atoms with Crippen LogP contribution < -0.4 is 11.1 Å². The van der Waals surface area contributed by atoms with E-state index in [1.54, 1.807) is 7.11 Å². The predicted octanol–water partition coefficient (Wildman–Crippen LogP) is 1.94. The topological polar surface area (TPSA) is 67.6 Å². The molecule has 2 atom stereocenters. The smallest absolute Gasteiger partial charge is 0.239 e. The molecule has 1 amide bonds. The van der Waals surface area contributed by atoms with Gasteiger partial charge in [-0.3, -0.25) is 9.69 Å². The van der Waals surface area contributed by atoms with Crippen LogP contribution in [0.15, 0.2) is 41.8 Å². The van der Waals surface area contributed by atoms with Gasteiger partial charge < -0.3 is 15.8 Å². The van der Waals surface area contributed by atoms with Crippen LogP contribution in [-0.4, -0.2) is 43.7 Å². The number of thiophene rings is 1. The Morgan fingerprint density at radius 2 is 2.16 bits per heavy atom. The van der Waals surface area contributed by atoms with E-state index in [-0.39, 0.29) is 18.6 Å². The zero-order chi connectivity index (χ0) is 17.6. The molecule has 0 saturated carbocycles. The molecule has 3 rings (SSSR count). The lowest BCUT2D eigenvalue weighted by molar-refractivity contribution is -0.123. The first-order valence-electron chi connectivity index (χ1n) is 8.55. The minimum Gasteiger partial charge on any atom is -0.383 e. The van der Waals surface area contributed by atoms with Gasteiger partial charge in [-0.05, 0) is 29.0 Å². The summed E-state index contributed by atoms with van der Waals surface area (Å²) >= 11 is 1.84. The molecule has 0 aliphatic carbocycles. The number of methoxy groups -OCH3 is 1. The number of nitrogens with zero attached hydrogens (tertiary/aromatic N) is 1. The quantitative estimate of drug-likeness (QED) is 0.793. The minimum atomic E-state index is -0.633. The Bertz CT molecular complexity index is 689. The maximum Gasteiger partial charge on any atom is 0.239 e. The third-order valence-electron chi connectivity index (χ3n) is 4.61. The number of ether oxygens (including phenoxy) is 1. The Morgan fingerprint density at radius 3 is 2.92 bits per heavy atom. The van der Waals surface area contributed by atoms with Gasteiger partial charge in [0.25, 0.3) is 0 Å². The van der Waals surface area contributed by atoms with E-state index in [0.717, 1.165) is 19.5 Å². The lowest BCUT2D eigenvalue weighted by atomic mass is 10.0. The van der Waals surface area contributed by atoms with Crippen LogP contribution in [0.3, 0.4) is 0 Å². The van der Waals surface area contributed by atoms with Crippen LogP contribution in [-0.2, 0) is 22.5 Å². The third-order valence-corrected chi connectivity index (χ3v) is 5.64. The molecule has 0 spiro atoms. The van der Waals surface area contributed by atoms with E-state index in [0.29, 0.717) is 6.54 Å². The second kappa shape index (κ2) is 8.58. The summed E-state index contributed by atoms with van der Waals surface area (Å²) in [6.07, 6.45) is 1.06. The normalized spacial score (nSPS) is 16.9. The maximum atomic E-state index is 12.2. The van der Waals surface area contributed by atoms with Crippen molar-refractivity contribution in [3.8, 4) is 0 Å². The Balaban J connectivity index is 1.72. The molecule has 2 aromatic rings. The van der Waals surface area contributed by atoms with Crippen LogP contribution in [0.2, 0.25) is 0 Å². The van der Waals surface area contributed by atoms with Gasteiger partial charge in [-0.15, -0.1) is 11.3 Å². The number of nitrogens with one attached hydrogen (secondary N) is 1. The molecule has 1 aromatic heterocycles. The van der Waals surface area contributed by atoms with Crippen LogP contribution >= 0.6 is 11.3 Å². The molecular formula is C19H25N3O2S. The van der Waals surface area contributed by atoms with Crippen LogP contribution in [0.25, 0.3) is 0 Å². The summed E-state index contributed by atoms with van der Waals surface area (Å²) < 4.78 is 4.97. The first-order valence-corrected chi connectivity index (χ1v) is 9.43. The molecule has 25 heavy (non-hydrogen) atoms. The summed E-state index contributed by atoms with van der Waals surface area (Å²) in [6.45, 7) is 2.68. The Morgan fingerprint density at radius 1 is 1.36 bits per heavy atom. The molecule has 0 radical (unpaired) electrons. The second-order valence-electron chi connectivity index (χ2n) is 6.32. The molecule has 0 saturated heterocycles. The van der Waals surface area contributed by atoms with E-state index in [1.165, 1.54) is 16.0 Å². The summed E-state index contributed by atoms with van der Waals surface area (Å²) in [6, 6.07) is 12.0. The van der Waals surface area contributed by atoms with E-state index >= 15 is 0 Å². The van der Waals surface area contributed by atoms with Crippen molar-refractivity contribution >= 4 is 17.2 Å². The number of rotatable bonds is 7. The van der Waals surface area contributed by atoms with Gasteiger partial charge in [-0.1, -0.05) is 30.3 Å². The van der Waals surface area contributed by atoms with Gasteiger partial charge >= 0.3 is 0 Å². The van der Waals surface area contributed by atoms with Crippen molar-refractivity contribution in [2.24, 2.45) is 5.73 Å². The van der Waals surface area contributed by atoms with Crippen LogP contribution in [0.4, 0.5) is 0 Å². The second-order valence-corrected chi connectivity index (χ2v) is 7.32. The highest BCUT2D eigenvalue weighted by molar-refractivity contribution is 7.10. The van der Waals surface area contributed by atoms with Gasteiger partial charge in [0.15, 0.2) is 0 Å². The highest BCUT2D eigenvalue weighted by atomic mass is 32.1. The molecule has 1 aliphatic heterocycles. The number of amides is 1. The number of hydrogen-bond acceptors (Lipinski definition) is 5. The van der Waals surface area contributed by atoms with Crippen molar-refractivity contribution in [1.82, 2.24) is 10.2 Å². The fourth-order valence-electron chi connectivity index (χ4n) is 3.25.